The molecule has 21 heavy (non-hydrogen) atoms. The van der Waals surface area contributed by atoms with Crippen molar-refractivity contribution in [1.82, 2.24) is 5.43 Å². The first-order chi connectivity index (χ1) is 9.80. The van der Waals surface area contributed by atoms with Gasteiger partial charge >= 0.3 is 0 Å². The number of carbonyl (C=O) groups is 2. The minimum atomic E-state index is -0.174. The first-order valence-corrected chi connectivity index (χ1v) is 7.03. The van der Waals surface area contributed by atoms with E-state index in [2.05, 4.69) is 31.3 Å². The summed E-state index contributed by atoms with van der Waals surface area (Å²) in [6.45, 7) is 6.34. The second kappa shape index (κ2) is 5.68. The van der Waals surface area contributed by atoms with Gasteiger partial charge in [0.1, 0.15) is 5.71 Å². The molecule has 1 aromatic rings. The number of benzene rings is 1. The topological polar surface area (TPSA) is 61.8 Å². The molecule has 0 saturated heterocycles. The molecule has 0 bridgehead atoms. The van der Waals surface area contributed by atoms with E-state index in [1.54, 1.807) is 11.9 Å². The number of hydrazone groups is 1. The molecule has 5 nitrogen and oxygen atoms in total. The van der Waals surface area contributed by atoms with E-state index in [-0.39, 0.29) is 17.2 Å². The molecule has 0 saturated carbocycles. The van der Waals surface area contributed by atoms with Crippen LogP contribution < -0.4 is 10.3 Å². The van der Waals surface area contributed by atoms with Crippen LogP contribution in [0.3, 0.4) is 0 Å². The summed E-state index contributed by atoms with van der Waals surface area (Å²) in [5.74, 6) is -0.323. The molecule has 112 valence electrons. The molecule has 0 spiro atoms. The van der Waals surface area contributed by atoms with E-state index in [4.69, 9.17) is 0 Å². The number of carbonyl (C=O) groups excluding carboxylic acids is 2. The number of anilines is 1. The number of nitrogens with zero attached hydrogens (tertiary/aromatic N) is 2. The van der Waals surface area contributed by atoms with Gasteiger partial charge in [-0.1, -0.05) is 39.0 Å². The van der Waals surface area contributed by atoms with Crippen LogP contribution in [0.5, 0.6) is 0 Å². The molecule has 0 fully saturated rings. The summed E-state index contributed by atoms with van der Waals surface area (Å²) in [4.78, 5) is 25.2. The third kappa shape index (κ3) is 3.29. The number of hydrogen-bond donors (Lipinski definition) is 1. The monoisotopic (exact) mass is 287 g/mol. The molecule has 1 heterocycles. The number of rotatable bonds is 2. The van der Waals surface area contributed by atoms with Gasteiger partial charge in [0.2, 0.25) is 5.91 Å². The molecule has 0 radical (unpaired) electrons. The van der Waals surface area contributed by atoms with Crippen molar-refractivity contribution in [2.75, 3.05) is 11.9 Å². The Kier molecular flexibility index (Phi) is 4.11. The van der Waals surface area contributed by atoms with E-state index in [9.17, 15) is 9.59 Å². The highest BCUT2D eigenvalue weighted by Gasteiger charge is 2.26. The highest BCUT2D eigenvalue weighted by molar-refractivity contribution is 6.44. The fourth-order valence-electron chi connectivity index (χ4n) is 2.33. The molecule has 1 aliphatic heterocycles. The SMILES string of the molecule is CN(C(=O)C1=NNC(=O)CC1)c1ccccc1C(C)(C)C. The average Bonchev–Trinajstić information content (AvgIpc) is 2.45. The van der Waals surface area contributed by atoms with E-state index >= 15 is 0 Å². The summed E-state index contributed by atoms with van der Waals surface area (Å²) in [5, 5.41) is 3.87. The van der Waals surface area contributed by atoms with Gasteiger partial charge in [0.25, 0.3) is 5.91 Å². The van der Waals surface area contributed by atoms with Gasteiger partial charge in [-0.25, -0.2) is 5.43 Å². The van der Waals surface area contributed by atoms with Gasteiger partial charge < -0.3 is 4.90 Å². The third-order valence-electron chi connectivity index (χ3n) is 3.53. The zero-order chi connectivity index (χ0) is 15.6. The van der Waals surface area contributed by atoms with Crippen molar-refractivity contribution in [3.8, 4) is 0 Å². The summed E-state index contributed by atoms with van der Waals surface area (Å²) in [5.41, 5.74) is 4.66. The van der Waals surface area contributed by atoms with Crippen molar-refractivity contribution in [1.29, 1.82) is 0 Å². The fourth-order valence-corrected chi connectivity index (χ4v) is 2.33. The van der Waals surface area contributed by atoms with Gasteiger partial charge in [-0.3, -0.25) is 9.59 Å². The third-order valence-corrected chi connectivity index (χ3v) is 3.53. The molecule has 5 heteroatoms. The lowest BCUT2D eigenvalue weighted by molar-refractivity contribution is -0.121. The summed E-state index contributed by atoms with van der Waals surface area (Å²) >= 11 is 0. The van der Waals surface area contributed by atoms with Crippen molar-refractivity contribution < 1.29 is 9.59 Å². The molecule has 1 aromatic carbocycles. The fraction of sp³-hybridized carbons (Fsp3) is 0.438. The Balaban J connectivity index is 2.30. The van der Waals surface area contributed by atoms with Crippen LogP contribution >= 0.6 is 0 Å². The van der Waals surface area contributed by atoms with Crippen LogP contribution in [0.2, 0.25) is 0 Å². The van der Waals surface area contributed by atoms with Gasteiger partial charge in [0, 0.05) is 25.6 Å². The Labute approximate surface area is 125 Å². The maximum Gasteiger partial charge on any atom is 0.274 e. The van der Waals surface area contributed by atoms with E-state index < -0.39 is 0 Å². The minimum Gasteiger partial charge on any atom is -0.310 e. The van der Waals surface area contributed by atoms with Gasteiger partial charge in [-0.15, -0.1) is 0 Å². The van der Waals surface area contributed by atoms with E-state index in [1.807, 2.05) is 24.3 Å². The van der Waals surface area contributed by atoms with Gasteiger partial charge in [-0.05, 0) is 17.0 Å². The Hall–Kier alpha value is -2.17. The summed E-state index contributed by atoms with van der Waals surface area (Å²) < 4.78 is 0. The Morgan fingerprint density at radius 3 is 2.48 bits per heavy atom. The lowest BCUT2D eigenvalue weighted by Gasteiger charge is -2.28. The Morgan fingerprint density at radius 2 is 1.90 bits per heavy atom. The molecule has 1 N–H and O–H groups in total. The molecule has 2 amide bonds. The quantitative estimate of drug-likeness (QED) is 0.906. The molecule has 1 aliphatic rings. The average molecular weight is 287 g/mol. The predicted octanol–water partition coefficient (Wildman–Crippen LogP) is 2.21. The zero-order valence-corrected chi connectivity index (χ0v) is 12.9. The van der Waals surface area contributed by atoms with Crippen molar-refractivity contribution in [3.05, 3.63) is 29.8 Å². The van der Waals surface area contributed by atoms with E-state index in [0.29, 0.717) is 18.6 Å². The van der Waals surface area contributed by atoms with Crippen LogP contribution in [0.4, 0.5) is 5.69 Å². The second-order valence-corrected chi connectivity index (χ2v) is 6.22. The Morgan fingerprint density at radius 1 is 1.24 bits per heavy atom. The summed E-state index contributed by atoms with van der Waals surface area (Å²) in [7, 11) is 1.74. The van der Waals surface area contributed by atoms with Gasteiger partial charge in [-0.2, -0.15) is 5.10 Å². The van der Waals surface area contributed by atoms with Gasteiger partial charge in [0.05, 0.1) is 0 Å². The van der Waals surface area contributed by atoms with Crippen LogP contribution in [0.15, 0.2) is 29.4 Å². The minimum absolute atomic E-state index is 0.0618. The molecule has 2 rings (SSSR count). The molecule has 0 unspecified atom stereocenters. The second-order valence-electron chi connectivity index (χ2n) is 6.22. The Bertz CT molecular complexity index is 600. The highest BCUT2D eigenvalue weighted by atomic mass is 16.2. The smallest absolute Gasteiger partial charge is 0.274 e. The van der Waals surface area contributed by atoms with Crippen LogP contribution in [-0.4, -0.2) is 24.6 Å². The lowest BCUT2D eigenvalue weighted by Crippen LogP contribution is -2.39. The zero-order valence-electron chi connectivity index (χ0n) is 12.9. The molecular weight excluding hydrogens is 266 g/mol. The highest BCUT2D eigenvalue weighted by Crippen LogP contribution is 2.31. The van der Waals surface area contributed by atoms with Crippen molar-refractivity contribution in [2.45, 2.75) is 39.0 Å². The number of nitrogens with one attached hydrogen (secondary N) is 1. The number of hydrogen-bond acceptors (Lipinski definition) is 3. The van der Waals surface area contributed by atoms with Crippen LogP contribution in [0.1, 0.15) is 39.2 Å². The van der Waals surface area contributed by atoms with Crippen molar-refractivity contribution >= 4 is 23.2 Å². The van der Waals surface area contributed by atoms with E-state index in [0.717, 1.165) is 11.3 Å². The first-order valence-electron chi connectivity index (χ1n) is 7.03. The maximum atomic E-state index is 12.5. The normalized spacial score (nSPS) is 15.2. The number of amides is 2. The molecule has 0 aromatic heterocycles. The largest absolute Gasteiger partial charge is 0.310 e. The standard InChI is InChI=1S/C16H21N3O2/c1-16(2,3)11-7-5-6-8-13(11)19(4)15(21)12-9-10-14(20)18-17-12/h5-8H,9-10H2,1-4H3,(H,18,20). The van der Waals surface area contributed by atoms with Crippen molar-refractivity contribution in [3.63, 3.8) is 0 Å². The van der Waals surface area contributed by atoms with Crippen LogP contribution in [0.25, 0.3) is 0 Å². The van der Waals surface area contributed by atoms with Gasteiger partial charge in [0.15, 0.2) is 0 Å². The lowest BCUT2D eigenvalue weighted by atomic mass is 9.85. The summed E-state index contributed by atoms with van der Waals surface area (Å²) in [6, 6.07) is 7.85. The van der Waals surface area contributed by atoms with Crippen molar-refractivity contribution in [2.24, 2.45) is 5.10 Å². The predicted molar refractivity (Wildman–Crippen MR) is 83.4 cm³/mol. The van der Waals surface area contributed by atoms with Crippen LogP contribution in [-0.2, 0) is 15.0 Å². The summed E-state index contributed by atoms with van der Waals surface area (Å²) in [6.07, 6.45) is 0.687. The number of para-hydroxylation sites is 1. The van der Waals surface area contributed by atoms with Crippen LogP contribution in [0, 0.1) is 0 Å². The van der Waals surface area contributed by atoms with E-state index in [1.165, 1.54) is 0 Å². The molecule has 0 aliphatic carbocycles. The molecular formula is C16H21N3O2. The molecule has 0 atom stereocenters. The first kappa shape index (κ1) is 15.2. The maximum absolute atomic E-state index is 12.5.